The summed E-state index contributed by atoms with van der Waals surface area (Å²) < 4.78 is 22.3. The Hall–Kier alpha value is -1.62. The second-order valence-corrected chi connectivity index (χ2v) is 3.54. The van der Waals surface area contributed by atoms with Gasteiger partial charge in [0.25, 0.3) is 0 Å². The number of ether oxygens (including phenoxy) is 2. The van der Waals surface area contributed by atoms with Gasteiger partial charge >= 0.3 is 5.97 Å². The minimum absolute atomic E-state index is 0.00532. The molecule has 0 heterocycles. The van der Waals surface area contributed by atoms with Gasteiger partial charge in [0.15, 0.2) is 22.7 Å². The van der Waals surface area contributed by atoms with Crippen molar-refractivity contribution < 1.29 is 23.5 Å². The van der Waals surface area contributed by atoms with E-state index in [1.54, 1.807) is 0 Å². The predicted octanol–water partition coefficient (Wildman–Crippen LogP) is 1.80. The van der Waals surface area contributed by atoms with Gasteiger partial charge in [-0.1, -0.05) is 0 Å². The summed E-state index contributed by atoms with van der Waals surface area (Å²) in [4.78, 5) is 22.7. The SMILES string of the molecule is COC(=O)C(Cl)C(=O)c1ccc(OC)c(F)c1. The van der Waals surface area contributed by atoms with Crippen LogP contribution in [0.15, 0.2) is 18.2 Å². The van der Waals surface area contributed by atoms with E-state index in [0.717, 1.165) is 13.2 Å². The van der Waals surface area contributed by atoms with E-state index >= 15 is 0 Å². The van der Waals surface area contributed by atoms with E-state index in [1.807, 2.05) is 0 Å². The molecule has 1 aromatic rings. The van der Waals surface area contributed by atoms with E-state index in [4.69, 9.17) is 16.3 Å². The fourth-order valence-electron chi connectivity index (χ4n) is 1.18. The normalized spacial score (nSPS) is 11.8. The lowest BCUT2D eigenvalue weighted by Crippen LogP contribution is -2.26. The lowest BCUT2D eigenvalue weighted by atomic mass is 10.1. The Morgan fingerprint density at radius 2 is 2.00 bits per heavy atom. The average molecular weight is 261 g/mol. The van der Waals surface area contributed by atoms with Crippen molar-refractivity contribution in [2.45, 2.75) is 5.38 Å². The Balaban J connectivity index is 2.97. The smallest absolute Gasteiger partial charge is 0.331 e. The topological polar surface area (TPSA) is 52.6 Å². The first kappa shape index (κ1) is 13.4. The number of rotatable bonds is 4. The lowest BCUT2D eigenvalue weighted by molar-refractivity contribution is -0.139. The molecule has 0 bridgehead atoms. The molecule has 0 fully saturated rings. The molecule has 1 atom stereocenters. The van der Waals surface area contributed by atoms with E-state index < -0.39 is 22.9 Å². The number of methoxy groups -OCH3 is 2. The zero-order valence-electron chi connectivity index (χ0n) is 9.20. The van der Waals surface area contributed by atoms with Crippen molar-refractivity contribution in [3.63, 3.8) is 0 Å². The number of carbonyl (C=O) groups excluding carboxylic acids is 2. The van der Waals surface area contributed by atoms with Crippen molar-refractivity contribution >= 4 is 23.4 Å². The maximum atomic E-state index is 13.3. The molecule has 1 unspecified atom stereocenters. The standard InChI is InChI=1S/C11H10ClFO4/c1-16-8-4-3-6(5-7(8)13)10(14)9(12)11(15)17-2/h3-5,9H,1-2H3. The third kappa shape index (κ3) is 2.94. The first-order chi connectivity index (χ1) is 8.01. The second-order valence-electron chi connectivity index (χ2n) is 3.10. The van der Waals surface area contributed by atoms with Gasteiger partial charge in [0.05, 0.1) is 14.2 Å². The van der Waals surface area contributed by atoms with Crippen LogP contribution in [0.2, 0.25) is 0 Å². The molecule has 0 aliphatic heterocycles. The second kappa shape index (κ2) is 5.63. The summed E-state index contributed by atoms with van der Waals surface area (Å²) in [5, 5.41) is -1.48. The average Bonchev–Trinajstić information content (AvgIpc) is 2.35. The molecule has 0 saturated carbocycles. The quantitative estimate of drug-likeness (QED) is 0.358. The van der Waals surface area contributed by atoms with Crippen molar-refractivity contribution in [3.8, 4) is 5.75 Å². The summed E-state index contributed by atoms with van der Waals surface area (Å²) in [5.74, 6) is -2.30. The van der Waals surface area contributed by atoms with E-state index in [1.165, 1.54) is 19.2 Å². The van der Waals surface area contributed by atoms with Crippen molar-refractivity contribution in [3.05, 3.63) is 29.6 Å². The number of benzene rings is 1. The van der Waals surface area contributed by atoms with E-state index in [0.29, 0.717) is 0 Å². The first-order valence-corrected chi connectivity index (χ1v) is 5.04. The highest BCUT2D eigenvalue weighted by Crippen LogP contribution is 2.19. The fourth-order valence-corrected chi connectivity index (χ4v) is 1.39. The molecule has 0 saturated heterocycles. The van der Waals surface area contributed by atoms with Crippen LogP contribution in [-0.4, -0.2) is 31.3 Å². The zero-order valence-corrected chi connectivity index (χ0v) is 9.95. The highest BCUT2D eigenvalue weighted by Gasteiger charge is 2.26. The van der Waals surface area contributed by atoms with Gasteiger partial charge in [-0.2, -0.15) is 0 Å². The van der Waals surface area contributed by atoms with Gasteiger partial charge in [-0.15, -0.1) is 11.6 Å². The van der Waals surface area contributed by atoms with Gasteiger partial charge in [0, 0.05) is 5.56 Å². The van der Waals surface area contributed by atoms with E-state index in [-0.39, 0.29) is 11.3 Å². The molecule has 4 nitrogen and oxygen atoms in total. The minimum atomic E-state index is -1.48. The molecule has 1 rings (SSSR count). The third-order valence-corrected chi connectivity index (χ3v) is 2.45. The van der Waals surface area contributed by atoms with Crippen LogP contribution in [0, 0.1) is 5.82 Å². The molecule has 6 heteroatoms. The number of Topliss-reactive ketones (excluding diaryl/α,β-unsaturated/α-hetero) is 1. The van der Waals surface area contributed by atoms with Crippen LogP contribution < -0.4 is 4.74 Å². The maximum absolute atomic E-state index is 13.3. The Bertz CT molecular complexity index is 447. The van der Waals surface area contributed by atoms with Gasteiger partial charge in [-0.05, 0) is 18.2 Å². The molecule has 0 amide bonds. The molecule has 0 aromatic heterocycles. The van der Waals surface area contributed by atoms with Crippen LogP contribution in [0.5, 0.6) is 5.75 Å². The number of hydrogen-bond acceptors (Lipinski definition) is 4. The summed E-state index contributed by atoms with van der Waals surface area (Å²) in [6.07, 6.45) is 0. The fraction of sp³-hybridized carbons (Fsp3) is 0.273. The van der Waals surface area contributed by atoms with Gasteiger partial charge in [0.1, 0.15) is 0 Å². The molecule has 1 aromatic carbocycles. The van der Waals surface area contributed by atoms with Gasteiger partial charge < -0.3 is 9.47 Å². The molecule has 17 heavy (non-hydrogen) atoms. The van der Waals surface area contributed by atoms with Gasteiger partial charge in [-0.25, -0.2) is 9.18 Å². The molecule has 0 aliphatic rings. The van der Waals surface area contributed by atoms with Crippen LogP contribution in [-0.2, 0) is 9.53 Å². The van der Waals surface area contributed by atoms with Crippen LogP contribution in [0.3, 0.4) is 0 Å². The van der Waals surface area contributed by atoms with Crippen LogP contribution in [0.4, 0.5) is 4.39 Å². The van der Waals surface area contributed by atoms with Gasteiger partial charge in [-0.3, -0.25) is 4.79 Å². The summed E-state index contributed by atoms with van der Waals surface area (Å²) in [6.45, 7) is 0. The summed E-state index contributed by atoms with van der Waals surface area (Å²) in [7, 11) is 2.41. The Morgan fingerprint density at radius 1 is 1.35 bits per heavy atom. The summed E-state index contributed by atoms with van der Waals surface area (Å²) in [6, 6.07) is 3.56. The highest BCUT2D eigenvalue weighted by molar-refractivity contribution is 6.43. The monoisotopic (exact) mass is 260 g/mol. The molecule has 0 radical (unpaired) electrons. The van der Waals surface area contributed by atoms with Crippen LogP contribution in [0.1, 0.15) is 10.4 Å². The molecule has 92 valence electrons. The number of alkyl halides is 1. The Morgan fingerprint density at radius 3 is 2.47 bits per heavy atom. The number of esters is 1. The molecular formula is C11H10ClFO4. The Kier molecular flexibility index (Phi) is 4.45. The molecule has 0 spiro atoms. The van der Waals surface area contributed by atoms with E-state index in [9.17, 15) is 14.0 Å². The summed E-state index contributed by atoms with van der Waals surface area (Å²) >= 11 is 5.56. The van der Waals surface area contributed by atoms with Gasteiger partial charge in [0.2, 0.25) is 0 Å². The lowest BCUT2D eigenvalue weighted by Gasteiger charge is -2.07. The maximum Gasteiger partial charge on any atom is 0.331 e. The number of hydrogen-bond donors (Lipinski definition) is 0. The Labute approximate surface area is 102 Å². The van der Waals surface area contributed by atoms with Crippen LogP contribution in [0.25, 0.3) is 0 Å². The van der Waals surface area contributed by atoms with E-state index in [2.05, 4.69) is 4.74 Å². The van der Waals surface area contributed by atoms with Crippen molar-refractivity contribution in [1.29, 1.82) is 0 Å². The van der Waals surface area contributed by atoms with Crippen LogP contribution >= 0.6 is 11.6 Å². The van der Waals surface area contributed by atoms with Crippen molar-refractivity contribution in [2.75, 3.05) is 14.2 Å². The third-order valence-electron chi connectivity index (χ3n) is 2.07. The molecule has 0 N–H and O–H groups in total. The number of halogens is 2. The zero-order chi connectivity index (χ0) is 13.0. The summed E-state index contributed by atoms with van der Waals surface area (Å²) in [5.41, 5.74) is -0.0197. The predicted molar refractivity (Wildman–Crippen MR) is 58.9 cm³/mol. The minimum Gasteiger partial charge on any atom is -0.494 e. The molecule has 0 aliphatic carbocycles. The van der Waals surface area contributed by atoms with Crippen molar-refractivity contribution in [2.24, 2.45) is 0 Å². The van der Waals surface area contributed by atoms with Crippen molar-refractivity contribution in [1.82, 2.24) is 0 Å². The number of carbonyl (C=O) groups is 2. The highest BCUT2D eigenvalue weighted by atomic mass is 35.5. The first-order valence-electron chi connectivity index (χ1n) is 4.61. The number of ketones is 1. The molecular weight excluding hydrogens is 251 g/mol. The largest absolute Gasteiger partial charge is 0.494 e.